The molecule has 0 aromatic heterocycles. The number of halogens is 4. The minimum absolute atomic E-state index is 0. The largest absolute Gasteiger partial charge is 1.00 e. The molecule has 1 rings (SSSR count). The van der Waals surface area contributed by atoms with E-state index >= 15 is 0 Å². The third-order valence-corrected chi connectivity index (χ3v) is 1.26. The van der Waals surface area contributed by atoms with Crippen LogP contribution in [0.15, 0.2) is 24.3 Å². The van der Waals surface area contributed by atoms with Crippen LogP contribution in [0.2, 0.25) is 0 Å². The van der Waals surface area contributed by atoms with Crippen molar-refractivity contribution < 1.29 is 18.8 Å². The molecule has 1 aromatic carbocycles. The Morgan fingerprint density at radius 3 is 1.92 bits per heavy atom. The molecule has 0 fully saturated rings. The van der Waals surface area contributed by atoms with E-state index in [2.05, 4.69) is 0 Å². The Morgan fingerprint density at radius 2 is 1.58 bits per heavy atom. The zero-order chi connectivity index (χ0) is 8.48. The van der Waals surface area contributed by atoms with Gasteiger partial charge in [0.05, 0.1) is 5.82 Å². The van der Waals surface area contributed by atoms with E-state index in [1.54, 1.807) is 0 Å². The summed E-state index contributed by atoms with van der Waals surface area (Å²) in [5, 5.41) is 0. The molecule has 61 valence electrons. The van der Waals surface area contributed by atoms with E-state index in [1.165, 1.54) is 6.07 Å². The average molecular weight is 203 g/mol. The average Bonchev–Trinajstić information content (AvgIpc) is 1.86. The SMILES string of the molecule is Fc1ccccc1[B-](F)(F)F.[H+].[K]. The Kier molecular flexibility index (Phi) is 5.01. The van der Waals surface area contributed by atoms with Crippen molar-refractivity contribution in [3.05, 3.63) is 30.1 Å². The molecule has 1 aromatic rings. The maximum atomic E-state index is 12.4. The first-order valence-electron chi connectivity index (χ1n) is 2.96. The third kappa shape index (κ3) is 3.18. The van der Waals surface area contributed by atoms with Crippen molar-refractivity contribution >= 4 is 63.8 Å². The molecule has 0 spiro atoms. The normalized spacial score (nSPS) is 10.7. The first-order chi connectivity index (χ1) is 5.02. The van der Waals surface area contributed by atoms with E-state index in [0.717, 1.165) is 18.2 Å². The molecule has 0 unspecified atom stereocenters. The zero-order valence-corrected chi connectivity index (χ0v) is 9.52. The van der Waals surface area contributed by atoms with E-state index in [4.69, 9.17) is 0 Å². The second kappa shape index (κ2) is 4.76. The molecule has 0 aliphatic rings. The van der Waals surface area contributed by atoms with E-state index < -0.39 is 18.3 Å². The van der Waals surface area contributed by atoms with Gasteiger partial charge in [0.2, 0.25) is 0 Å². The van der Waals surface area contributed by atoms with Gasteiger partial charge in [-0.3, -0.25) is 0 Å². The van der Waals surface area contributed by atoms with Gasteiger partial charge in [-0.2, -0.15) is 0 Å². The topological polar surface area (TPSA) is 0 Å². The Hall–Kier alpha value is 0.641. The first kappa shape index (κ1) is 12.6. The standard InChI is InChI=1S/C6H4BF4.K/c8-6-4-2-1-3-5(6)7(9,10)11;/h1-4H;/q-1;/p+1. The predicted octanol–water partition coefficient (Wildman–Crippen LogP) is 1.61. The van der Waals surface area contributed by atoms with E-state index in [-0.39, 0.29) is 52.8 Å². The van der Waals surface area contributed by atoms with Gasteiger partial charge in [-0.25, -0.2) is 4.39 Å². The number of hydrogen-bond acceptors (Lipinski definition) is 0. The van der Waals surface area contributed by atoms with Crippen LogP contribution in [-0.2, 0) is 0 Å². The van der Waals surface area contributed by atoms with Crippen molar-refractivity contribution in [1.29, 1.82) is 0 Å². The fourth-order valence-corrected chi connectivity index (χ4v) is 0.741. The van der Waals surface area contributed by atoms with Gasteiger partial charge in [0, 0.05) is 51.4 Å². The molecule has 0 N–H and O–H groups in total. The van der Waals surface area contributed by atoms with Crippen LogP contribution < -0.4 is 5.46 Å². The minimum atomic E-state index is -5.20. The van der Waals surface area contributed by atoms with Crippen LogP contribution in [0.5, 0.6) is 0 Å². The molecule has 0 amide bonds. The minimum Gasteiger partial charge on any atom is -0.445 e. The van der Waals surface area contributed by atoms with Gasteiger partial charge in [-0.05, 0) is 6.07 Å². The fourth-order valence-electron chi connectivity index (χ4n) is 0.741. The van der Waals surface area contributed by atoms with Crippen molar-refractivity contribution in [2.75, 3.05) is 0 Å². The van der Waals surface area contributed by atoms with Crippen LogP contribution in [0, 0.1) is 5.82 Å². The van der Waals surface area contributed by atoms with Gasteiger partial charge in [0.15, 0.2) is 0 Å². The molecule has 0 heterocycles. The van der Waals surface area contributed by atoms with Gasteiger partial charge in [0.25, 0.3) is 0 Å². The number of rotatable bonds is 1. The summed E-state index contributed by atoms with van der Waals surface area (Å²) < 4.78 is 48.0. The van der Waals surface area contributed by atoms with E-state index in [1.807, 2.05) is 0 Å². The van der Waals surface area contributed by atoms with Crippen LogP contribution in [0.1, 0.15) is 1.43 Å². The Labute approximate surface area is 111 Å². The van der Waals surface area contributed by atoms with E-state index in [9.17, 15) is 17.3 Å². The second-order valence-electron chi connectivity index (χ2n) is 2.10. The Bertz CT molecular complexity index is 265. The molecular weight excluding hydrogens is 198 g/mol. The summed E-state index contributed by atoms with van der Waals surface area (Å²) >= 11 is 0. The number of hydrogen-bond donors (Lipinski definition) is 0. The molecule has 0 saturated carbocycles. The molecular formula is C6H5BF4K. The predicted molar refractivity (Wildman–Crippen MR) is 42.0 cm³/mol. The van der Waals surface area contributed by atoms with Crippen LogP contribution in [0.3, 0.4) is 0 Å². The molecule has 0 aliphatic carbocycles. The molecule has 0 saturated heterocycles. The molecule has 0 nitrogen and oxygen atoms in total. The molecule has 0 bridgehead atoms. The fraction of sp³-hybridized carbons (Fsp3) is 0. The Morgan fingerprint density at radius 1 is 1.08 bits per heavy atom. The summed E-state index contributed by atoms with van der Waals surface area (Å²) in [6.45, 7) is -5.20. The summed E-state index contributed by atoms with van der Waals surface area (Å²) in [6.07, 6.45) is 0. The van der Waals surface area contributed by atoms with Crippen molar-refractivity contribution in [2.24, 2.45) is 0 Å². The van der Waals surface area contributed by atoms with Gasteiger partial charge < -0.3 is 12.9 Å². The van der Waals surface area contributed by atoms with Crippen LogP contribution in [0.25, 0.3) is 0 Å². The number of benzene rings is 1. The third-order valence-electron chi connectivity index (χ3n) is 1.26. The second-order valence-corrected chi connectivity index (χ2v) is 2.10. The molecule has 0 aliphatic heterocycles. The van der Waals surface area contributed by atoms with Gasteiger partial charge in [-0.15, -0.1) is 0 Å². The monoisotopic (exact) mass is 203 g/mol. The van der Waals surface area contributed by atoms with Gasteiger partial charge >= 0.3 is 8.40 Å². The maximum Gasteiger partial charge on any atom is 1.00 e. The molecule has 12 heavy (non-hydrogen) atoms. The summed E-state index contributed by atoms with van der Waals surface area (Å²) in [5.74, 6) is -1.21. The van der Waals surface area contributed by atoms with Crippen LogP contribution in [0.4, 0.5) is 17.3 Å². The molecule has 6 heteroatoms. The first-order valence-corrected chi connectivity index (χ1v) is 2.96. The Balaban J connectivity index is 0. The van der Waals surface area contributed by atoms with Crippen molar-refractivity contribution in [3.63, 3.8) is 0 Å². The van der Waals surface area contributed by atoms with Gasteiger partial charge in [0.1, 0.15) is 0 Å². The van der Waals surface area contributed by atoms with E-state index in [0.29, 0.717) is 0 Å². The van der Waals surface area contributed by atoms with Crippen molar-refractivity contribution in [1.82, 2.24) is 0 Å². The molecule has 0 atom stereocenters. The molecule has 1 radical (unpaired) electrons. The van der Waals surface area contributed by atoms with Gasteiger partial charge in [-0.1, -0.05) is 23.7 Å². The quantitative estimate of drug-likeness (QED) is 0.480. The zero-order valence-electron chi connectivity index (χ0n) is 7.40. The van der Waals surface area contributed by atoms with Crippen molar-refractivity contribution in [2.45, 2.75) is 0 Å². The maximum absolute atomic E-state index is 12.4. The summed E-state index contributed by atoms with van der Waals surface area (Å²) in [7, 11) is 0. The van der Waals surface area contributed by atoms with Crippen LogP contribution in [-0.4, -0.2) is 58.4 Å². The van der Waals surface area contributed by atoms with Crippen molar-refractivity contribution in [3.8, 4) is 0 Å². The van der Waals surface area contributed by atoms with Crippen LogP contribution >= 0.6 is 0 Å². The smallest absolute Gasteiger partial charge is 0.445 e. The summed E-state index contributed by atoms with van der Waals surface area (Å²) in [5.41, 5.74) is -1.16. The summed E-state index contributed by atoms with van der Waals surface area (Å²) in [6, 6.07) is 3.91. The summed E-state index contributed by atoms with van der Waals surface area (Å²) in [4.78, 5) is 0.